The van der Waals surface area contributed by atoms with E-state index in [-0.39, 0.29) is 0 Å². The molecule has 0 aliphatic rings. The quantitative estimate of drug-likeness (QED) is 0.150. The topological polar surface area (TPSA) is 50.9 Å². The van der Waals surface area contributed by atoms with E-state index >= 15 is 0 Å². The molecule has 5 nitrogen and oxygen atoms in total. The van der Waals surface area contributed by atoms with E-state index in [2.05, 4.69) is 106 Å². The molecule has 2 heterocycles. The van der Waals surface area contributed by atoms with Crippen LogP contribution in [-0.4, -0.2) is 14.1 Å². The molecule has 0 atom stereocenters. The van der Waals surface area contributed by atoms with Gasteiger partial charge in [0.25, 0.3) is 0 Å². The van der Waals surface area contributed by atoms with Gasteiger partial charge >= 0.3 is 0 Å². The summed E-state index contributed by atoms with van der Waals surface area (Å²) in [6.07, 6.45) is 3.92. The summed E-state index contributed by atoms with van der Waals surface area (Å²) in [6, 6.07) is 41.6. The SMILES string of the molecule is [C-]#[N+]c1ccc(-c2c(C#N)c(C)n(Cc3nccn3C(c3ccccc3)(c3ccccc3)c3ccccc3)c2C)cc1. The van der Waals surface area contributed by atoms with Crippen LogP contribution in [0.5, 0.6) is 0 Å². The van der Waals surface area contributed by atoms with Gasteiger partial charge in [-0.3, -0.25) is 0 Å². The highest BCUT2D eigenvalue weighted by Gasteiger charge is 2.39. The summed E-state index contributed by atoms with van der Waals surface area (Å²) < 4.78 is 4.46. The van der Waals surface area contributed by atoms with Crippen LogP contribution in [0.15, 0.2) is 128 Å². The van der Waals surface area contributed by atoms with Crippen molar-refractivity contribution in [1.29, 1.82) is 5.26 Å². The number of hydrogen-bond donors (Lipinski definition) is 0. The van der Waals surface area contributed by atoms with Gasteiger partial charge in [0, 0.05) is 29.3 Å². The van der Waals surface area contributed by atoms with Gasteiger partial charge in [-0.15, -0.1) is 0 Å². The van der Waals surface area contributed by atoms with Gasteiger partial charge in [-0.05, 0) is 36.1 Å². The lowest BCUT2D eigenvalue weighted by Crippen LogP contribution is -2.39. The van der Waals surface area contributed by atoms with Gasteiger partial charge in [-0.2, -0.15) is 5.26 Å². The molecule has 0 spiro atoms. The van der Waals surface area contributed by atoms with E-state index in [0.29, 0.717) is 17.8 Å². The van der Waals surface area contributed by atoms with E-state index < -0.39 is 5.54 Å². The second-order valence-electron chi connectivity index (χ2n) is 10.3. The summed E-state index contributed by atoms with van der Waals surface area (Å²) in [6.45, 7) is 11.8. The van der Waals surface area contributed by atoms with E-state index in [1.165, 1.54) is 0 Å². The standard InChI is InChI=1S/C37H29N5/c1-27-34(25-38)36(29-19-21-33(39-3)22-20-29)28(2)41(27)26-35-40-23-24-42(35)37(30-13-7-4-8-14-30,31-15-9-5-10-16-31)32-17-11-6-12-18-32/h4-24H,26H2,1-2H3. The lowest BCUT2D eigenvalue weighted by molar-refractivity contribution is 0.482. The molecule has 0 aliphatic carbocycles. The Bertz CT molecular complexity index is 1820. The molecule has 0 unspecified atom stereocenters. The average molecular weight is 544 g/mol. The number of aromatic nitrogens is 3. The van der Waals surface area contributed by atoms with Gasteiger partial charge in [0.15, 0.2) is 5.69 Å². The third-order valence-corrected chi connectivity index (χ3v) is 8.13. The highest BCUT2D eigenvalue weighted by atomic mass is 15.2. The van der Waals surface area contributed by atoms with Crippen molar-refractivity contribution in [3.8, 4) is 17.2 Å². The molecule has 42 heavy (non-hydrogen) atoms. The van der Waals surface area contributed by atoms with Crippen molar-refractivity contribution in [2.24, 2.45) is 0 Å². The molecule has 0 bridgehead atoms. The monoisotopic (exact) mass is 543 g/mol. The highest BCUT2D eigenvalue weighted by molar-refractivity contribution is 5.76. The molecule has 0 N–H and O–H groups in total. The molecule has 0 saturated heterocycles. The molecule has 6 rings (SSSR count). The molecule has 5 heteroatoms. The van der Waals surface area contributed by atoms with Crippen molar-refractivity contribution in [1.82, 2.24) is 14.1 Å². The Hall–Kier alpha value is -5.65. The second-order valence-corrected chi connectivity index (χ2v) is 10.3. The smallest absolute Gasteiger partial charge is 0.187 e. The molecule has 0 saturated carbocycles. The van der Waals surface area contributed by atoms with Crippen LogP contribution in [0.4, 0.5) is 5.69 Å². The highest BCUT2D eigenvalue weighted by Crippen LogP contribution is 2.42. The first-order valence-corrected chi connectivity index (χ1v) is 13.9. The van der Waals surface area contributed by atoms with Crippen LogP contribution in [0.1, 0.15) is 39.5 Å². The van der Waals surface area contributed by atoms with Crippen LogP contribution in [0.2, 0.25) is 0 Å². The van der Waals surface area contributed by atoms with Crippen molar-refractivity contribution in [2.75, 3.05) is 0 Å². The van der Waals surface area contributed by atoms with Crippen molar-refractivity contribution >= 4 is 5.69 Å². The Balaban J connectivity index is 1.57. The maximum Gasteiger partial charge on any atom is 0.187 e. The fourth-order valence-corrected chi connectivity index (χ4v) is 6.17. The molecule has 0 radical (unpaired) electrons. The summed E-state index contributed by atoms with van der Waals surface area (Å²) in [5.74, 6) is 0.868. The van der Waals surface area contributed by atoms with Crippen molar-refractivity contribution in [3.05, 3.63) is 179 Å². The van der Waals surface area contributed by atoms with Crippen LogP contribution in [-0.2, 0) is 12.1 Å². The van der Waals surface area contributed by atoms with Crippen LogP contribution in [0.3, 0.4) is 0 Å². The van der Waals surface area contributed by atoms with Crippen LogP contribution < -0.4 is 0 Å². The van der Waals surface area contributed by atoms with Crippen molar-refractivity contribution < 1.29 is 0 Å². The Morgan fingerprint density at radius 3 is 1.76 bits per heavy atom. The Morgan fingerprint density at radius 2 is 1.29 bits per heavy atom. The van der Waals surface area contributed by atoms with E-state index in [9.17, 15) is 5.26 Å². The Labute approximate surface area is 246 Å². The van der Waals surface area contributed by atoms with Crippen LogP contribution >= 0.6 is 0 Å². The molecular formula is C37H29N5. The third kappa shape index (κ3) is 4.29. The predicted molar refractivity (Wildman–Crippen MR) is 166 cm³/mol. The number of nitrogens with zero attached hydrogens (tertiary/aromatic N) is 5. The summed E-state index contributed by atoms with van der Waals surface area (Å²) in [5, 5.41) is 10.2. The molecule has 6 aromatic rings. The van der Waals surface area contributed by atoms with Crippen molar-refractivity contribution in [3.63, 3.8) is 0 Å². The van der Waals surface area contributed by atoms with Crippen molar-refractivity contribution in [2.45, 2.75) is 25.9 Å². The fraction of sp³-hybridized carbons (Fsp3) is 0.108. The Kier molecular flexibility index (Phi) is 7.01. The fourth-order valence-electron chi connectivity index (χ4n) is 6.17. The Morgan fingerprint density at radius 1 is 0.762 bits per heavy atom. The minimum atomic E-state index is -0.680. The minimum Gasteiger partial charge on any atom is -0.340 e. The zero-order chi connectivity index (χ0) is 29.1. The van der Waals surface area contributed by atoms with Gasteiger partial charge < -0.3 is 9.13 Å². The molecule has 2 aromatic heterocycles. The van der Waals surface area contributed by atoms with Gasteiger partial charge in [-0.25, -0.2) is 9.83 Å². The zero-order valence-corrected chi connectivity index (χ0v) is 23.6. The van der Waals surface area contributed by atoms with Gasteiger partial charge in [0.05, 0.1) is 18.7 Å². The second kappa shape index (κ2) is 11.1. The lowest BCUT2D eigenvalue weighted by atomic mass is 9.76. The van der Waals surface area contributed by atoms with E-state index in [4.69, 9.17) is 11.6 Å². The number of benzene rings is 4. The van der Waals surface area contributed by atoms with Gasteiger partial charge in [0.2, 0.25) is 0 Å². The average Bonchev–Trinajstić information content (AvgIpc) is 3.61. The summed E-state index contributed by atoms with van der Waals surface area (Å²) in [7, 11) is 0. The number of hydrogen-bond acceptors (Lipinski definition) is 2. The summed E-state index contributed by atoms with van der Waals surface area (Å²) in [4.78, 5) is 8.44. The molecule has 0 fully saturated rings. The maximum atomic E-state index is 10.2. The van der Waals surface area contributed by atoms with Crippen LogP contribution in [0.25, 0.3) is 16.0 Å². The summed E-state index contributed by atoms with van der Waals surface area (Å²) >= 11 is 0. The van der Waals surface area contributed by atoms with Gasteiger partial charge in [-0.1, -0.05) is 115 Å². The molecular weight excluding hydrogens is 514 g/mol. The molecule has 0 amide bonds. The van der Waals surface area contributed by atoms with E-state index in [1.54, 1.807) is 12.1 Å². The van der Waals surface area contributed by atoms with E-state index in [0.717, 1.165) is 45.0 Å². The summed E-state index contributed by atoms with van der Waals surface area (Å²) in [5.41, 5.74) is 7.61. The minimum absolute atomic E-state index is 0.480. The maximum absolute atomic E-state index is 10.2. The predicted octanol–water partition coefficient (Wildman–Crippen LogP) is 8.28. The normalized spacial score (nSPS) is 11.1. The first kappa shape index (κ1) is 26.6. The first-order valence-electron chi connectivity index (χ1n) is 13.9. The van der Waals surface area contributed by atoms with Gasteiger partial charge in [0.1, 0.15) is 17.4 Å². The largest absolute Gasteiger partial charge is 0.340 e. The molecule has 0 aliphatic heterocycles. The van der Waals surface area contributed by atoms with Crippen LogP contribution in [0, 0.1) is 31.8 Å². The first-order chi connectivity index (χ1) is 20.6. The van der Waals surface area contributed by atoms with E-state index in [1.807, 2.05) is 43.5 Å². The number of nitriles is 1. The number of rotatable bonds is 7. The third-order valence-electron chi connectivity index (χ3n) is 8.13. The molecule has 202 valence electrons. The number of imidazole rings is 1. The lowest BCUT2D eigenvalue weighted by Gasteiger charge is -2.38. The molecule has 4 aromatic carbocycles. The zero-order valence-electron chi connectivity index (χ0n) is 23.6.